The van der Waals surface area contributed by atoms with Gasteiger partial charge in [-0.25, -0.2) is 8.78 Å². The highest BCUT2D eigenvalue weighted by Crippen LogP contribution is 2.31. The number of anilines is 1. The zero-order valence-electron chi connectivity index (χ0n) is 13.9. The summed E-state index contributed by atoms with van der Waals surface area (Å²) in [5.74, 6) is -1.60. The smallest absolute Gasteiger partial charge is 0.255 e. The Morgan fingerprint density at radius 3 is 2.96 bits per heavy atom. The third-order valence-electron chi connectivity index (χ3n) is 4.62. The van der Waals surface area contributed by atoms with Crippen LogP contribution in [0.2, 0.25) is 0 Å². The zero-order valence-corrected chi connectivity index (χ0v) is 13.9. The van der Waals surface area contributed by atoms with Crippen molar-refractivity contribution < 1.29 is 23.0 Å². The minimum atomic E-state index is -0.694. The minimum absolute atomic E-state index is 0.0217. The fourth-order valence-corrected chi connectivity index (χ4v) is 3.35. The molecule has 1 amide bonds. The highest BCUT2D eigenvalue weighted by Gasteiger charge is 2.30. The summed E-state index contributed by atoms with van der Waals surface area (Å²) < 4.78 is 38.8. The summed E-state index contributed by atoms with van der Waals surface area (Å²) in [6.07, 6.45) is 3.68. The molecule has 0 saturated carbocycles. The van der Waals surface area contributed by atoms with Gasteiger partial charge in [-0.05, 0) is 50.7 Å². The van der Waals surface area contributed by atoms with Crippen molar-refractivity contribution in [1.82, 2.24) is 0 Å². The van der Waals surface area contributed by atoms with Crippen molar-refractivity contribution in [2.45, 2.75) is 51.2 Å². The van der Waals surface area contributed by atoms with Gasteiger partial charge in [-0.1, -0.05) is 0 Å². The Kier molecular flexibility index (Phi) is 5.46. The van der Waals surface area contributed by atoms with Gasteiger partial charge in [0.2, 0.25) is 0 Å². The molecule has 1 aromatic rings. The molecule has 132 valence electrons. The van der Waals surface area contributed by atoms with Gasteiger partial charge in [0, 0.05) is 19.2 Å². The van der Waals surface area contributed by atoms with E-state index in [4.69, 9.17) is 9.47 Å². The number of aryl methyl sites for hydroxylation is 1. The minimum Gasteiger partial charge on any atom is -0.376 e. The van der Waals surface area contributed by atoms with Gasteiger partial charge in [-0.3, -0.25) is 4.79 Å². The number of ether oxygens (including phenoxy) is 2. The zero-order chi connectivity index (χ0) is 17.1. The molecule has 0 N–H and O–H groups in total. The van der Waals surface area contributed by atoms with Crippen LogP contribution in [-0.2, 0) is 20.7 Å². The van der Waals surface area contributed by atoms with Crippen LogP contribution < -0.4 is 4.90 Å². The van der Waals surface area contributed by atoms with E-state index in [1.54, 1.807) is 6.92 Å². The van der Waals surface area contributed by atoms with Crippen LogP contribution in [0, 0.1) is 11.6 Å². The van der Waals surface area contributed by atoms with Gasteiger partial charge in [0.05, 0.1) is 18.4 Å². The maximum Gasteiger partial charge on any atom is 0.255 e. The quantitative estimate of drug-likeness (QED) is 0.845. The molecule has 0 aromatic heterocycles. The van der Waals surface area contributed by atoms with Crippen LogP contribution in [0.15, 0.2) is 12.1 Å². The number of hydrogen-bond acceptors (Lipinski definition) is 3. The molecule has 0 radical (unpaired) electrons. The maximum atomic E-state index is 14.2. The maximum absolute atomic E-state index is 14.2. The van der Waals surface area contributed by atoms with Gasteiger partial charge < -0.3 is 14.4 Å². The lowest BCUT2D eigenvalue weighted by Gasteiger charge is -2.32. The molecule has 2 atom stereocenters. The number of amides is 1. The number of rotatable bonds is 4. The number of halogens is 2. The predicted molar refractivity (Wildman–Crippen MR) is 86.0 cm³/mol. The van der Waals surface area contributed by atoms with E-state index in [1.165, 1.54) is 11.0 Å². The van der Waals surface area contributed by atoms with Crippen LogP contribution >= 0.6 is 0 Å². The molecule has 2 aliphatic heterocycles. The SMILES string of the molecule is CC(OCC1CCCCO1)C(=O)N1CCCc2cc(F)cc(F)c21. The van der Waals surface area contributed by atoms with Crippen LogP contribution in [0.3, 0.4) is 0 Å². The van der Waals surface area contributed by atoms with Gasteiger partial charge in [0.25, 0.3) is 5.91 Å². The van der Waals surface area contributed by atoms with E-state index in [9.17, 15) is 13.6 Å². The molecule has 1 saturated heterocycles. The first-order valence-electron chi connectivity index (χ1n) is 8.59. The third-order valence-corrected chi connectivity index (χ3v) is 4.62. The molecule has 0 bridgehead atoms. The van der Waals surface area contributed by atoms with E-state index in [1.807, 2.05) is 0 Å². The summed E-state index contributed by atoms with van der Waals surface area (Å²) >= 11 is 0. The monoisotopic (exact) mass is 339 g/mol. The molecule has 0 spiro atoms. The summed E-state index contributed by atoms with van der Waals surface area (Å²) in [6.45, 7) is 3.18. The van der Waals surface area contributed by atoms with Crippen LogP contribution in [0.5, 0.6) is 0 Å². The van der Waals surface area contributed by atoms with Crippen LogP contribution in [0.1, 0.15) is 38.2 Å². The van der Waals surface area contributed by atoms with Crippen molar-refractivity contribution in [3.8, 4) is 0 Å². The van der Waals surface area contributed by atoms with Crippen molar-refractivity contribution in [1.29, 1.82) is 0 Å². The molecule has 3 rings (SSSR count). The Balaban J connectivity index is 1.67. The summed E-state index contributed by atoms with van der Waals surface area (Å²) in [4.78, 5) is 14.1. The van der Waals surface area contributed by atoms with E-state index >= 15 is 0 Å². The molecule has 2 aliphatic rings. The lowest BCUT2D eigenvalue weighted by molar-refractivity contribution is -0.133. The molecular weight excluding hydrogens is 316 g/mol. The molecule has 0 aliphatic carbocycles. The third kappa shape index (κ3) is 3.75. The molecular formula is C18H23F2NO3. The average molecular weight is 339 g/mol. The topological polar surface area (TPSA) is 38.8 Å². The van der Waals surface area contributed by atoms with Gasteiger partial charge in [0.1, 0.15) is 17.7 Å². The second-order valence-corrected chi connectivity index (χ2v) is 6.45. The standard InChI is InChI=1S/C18H23F2NO3/c1-12(24-11-15-6-2-3-8-23-15)18(22)21-7-4-5-13-9-14(19)10-16(20)17(13)21/h9-10,12,15H,2-8,11H2,1H3. The summed E-state index contributed by atoms with van der Waals surface area (Å²) in [5.41, 5.74) is 0.729. The van der Waals surface area contributed by atoms with Crippen LogP contribution in [-0.4, -0.2) is 37.9 Å². The Hall–Kier alpha value is -1.53. The largest absolute Gasteiger partial charge is 0.376 e. The summed E-state index contributed by atoms with van der Waals surface area (Å²) in [5, 5.41) is 0. The number of nitrogens with zero attached hydrogens (tertiary/aromatic N) is 1. The number of carbonyl (C=O) groups excluding carboxylic acids is 1. The number of fused-ring (bicyclic) bond motifs is 1. The van der Waals surface area contributed by atoms with E-state index < -0.39 is 17.7 Å². The number of hydrogen-bond donors (Lipinski definition) is 0. The highest BCUT2D eigenvalue weighted by atomic mass is 19.1. The Morgan fingerprint density at radius 1 is 1.38 bits per heavy atom. The molecule has 2 unspecified atom stereocenters. The first-order valence-corrected chi connectivity index (χ1v) is 8.59. The molecule has 24 heavy (non-hydrogen) atoms. The number of carbonyl (C=O) groups is 1. The fraction of sp³-hybridized carbons (Fsp3) is 0.611. The first kappa shape index (κ1) is 17.3. The summed E-state index contributed by atoms with van der Waals surface area (Å²) in [6, 6.07) is 2.13. The Labute approximate surface area is 140 Å². The van der Waals surface area contributed by atoms with E-state index in [2.05, 4.69) is 0 Å². The van der Waals surface area contributed by atoms with Gasteiger partial charge in [0.15, 0.2) is 0 Å². The number of benzene rings is 1. The van der Waals surface area contributed by atoms with Crippen molar-refractivity contribution in [2.75, 3.05) is 24.7 Å². The fourth-order valence-electron chi connectivity index (χ4n) is 3.35. The van der Waals surface area contributed by atoms with Gasteiger partial charge >= 0.3 is 0 Å². The van der Waals surface area contributed by atoms with Crippen LogP contribution in [0.4, 0.5) is 14.5 Å². The molecule has 1 aromatic carbocycles. The molecule has 1 fully saturated rings. The van der Waals surface area contributed by atoms with Crippen LogP contribution in [0.25, 0.3) is 0 Å². The normalized spacial score (nSPS) is 22.1. The average Bonchev–Trinajstić information content (AvgIpc) is 2.59. The molecule has 6 heteroatoms. The Morgan fingerprint density at radius 2 is 2.21 bits per heavy atom. The van der Waals surface area contributed by atoms with Gasteiger partial charge in [-0.2, -0.15) is 0 Å². The van der Waals surface area contributed by atoms with E-state index in [0.29, 0.717) is 31.6 Å². The lowest BCUT2D eigenvalue weighted by Crippen LogP contribution is -2.43. The highest BCUT2D eigenvalue weighted by molar-refractivity contribution is 5.97. The molecule has 2 heterocycles. The van der Waals surface area contributed by atoms with Crippen molar-refractivity contribution in [2.24, 2.45) is 0 Å². The first-order chi connectivity index (χ1) is 11.6. The second-order valence-electron chi connectivity index (χ2n) is 6.45. The van der Waals surface area contributed by atoms with E-state index in [-0.39, 0.29) is 17.7 Å². The lowest BCUT2D eigenvalue weighted by atomic mass is 10.0. The van der Waals surface area contributed by atoms with Gasteiger partial charge in [-0.15, -0.1) is 0 Å². The second kappa shape index (κ2) is 7.57. The van der Waals surface area contributed by atoms with E-state index in [0.717, 1.165) is 31.9 Å². The Bertz CT molecular complexity index is 602. The predicted octanol–water partition coefficient (Wildman–Crippen LogP) is 3.22. The van der Waals surface area contributed by atoms with Crippen molar-refractivity contribution >= 4 is 11.6 Å². The summed E-state index contributed by atoms with van der Waals surface area (Å²) in [7, 11) is 0. The van der Waals surface area contributed by atoms with Crippen molar-refractivity contribution in [3.63, 3.8) is 0 Å². The molecule has 4 nitrogen and oxygen atoms in total. The van der Waals surface area contributed by atoms with Crippen molar-refractivity contribution in [3.05, 3.63) is 29.3 Å².